The molecular formula is C12H11BrClNS. The molecule has 0 aliphatic heterocycles. The van der Waals surface area contributed by atoms with E-state index in [2.05, 4.69) is 44.1 Å². The smallest absolute Gasteiger partial charge is 0.0583 e. The van der Waals surface area contributed by atoms with Gasteiger partial charge in [0.25, 0.3) is 0 Å². The average Bonchev–Trinajstić information content (AvgIpc) is 2.78. The van der Waals surface area contributed by atoms with Crippen LogP contribution in [-0.2, 0) is 0 Å². The van der Waals surface area contributed by atoms with Gasteiger partial charge in [0.2, 0.25) is 0 Å². The lowest BCUT2D eigenvalue weighted by Gasteiger charge is -2.16. The SMILES string of the molecule is CNC(c1ccsc1)c1ccc(Br)c(Cl)c1. The standard InChI is InChI=1S/C12H11BrClNS/c1-15-12(9-4-5-16-7-9)8-2-3-10(13)11(14)6-8/h2-7,12,15H,1H3. The minimum absolute atomic E-state index is 0.205. The number of thiophene rings is 1. The van der Waals surface area contributed by atoms with E-state index in [1.165, 1.54) is 11.1 Å². The van der Waals surface area contributed by atoms with Crippen molar-refractivity contribution < 1.29 is 0 Å². The molecule has 0 saturated carbocycles. The third kappa shape index (κ3) is 2.48. The topological polar surface area (TPSA) is 12.0 Å². The van der Waals surface area contributed by atoms with Crippen LogP contribution in [-0.4, -0.2) is 7.05 Å². The van der Waals surface area contributed by atoms with Gasteiger partial charge in [0.1, 0.15) is 0 Å². The van der Waals surface area contributed by atoms with Crippen LogP contribution in [0.5, 0.6) is 0 Å². The summed E-state index contributed by atoms with van der Waals surface area (Å²) in [6.07, 6.45) is 0. The molecule has 4 heteroatoms. The first kappa shape index (κ1) is 12.1. The van der Waals surface area contributed by atoms with Crippen molar-refractivity contribution in [3.8, 4) is 0 Å². The molecule has 2 aromatic rings. The molecule has 2 rings (SSSR count). The van der Waals surface area contributed by atoms with Gasteiger partial charge in [0.15, 0.2) is 0 Å². The lowest BCUT2D eigenvalue weighted by atomic mass is 10.0. The zero-order valence-corrected chi connectivity index (χ0v) is 11.9. The van der Waals surface area contributed by atoms with E-state index in [9.17, 15) is 0 Å². The number of hydrogen-bond acceptors (Lipinski definition) is 2. The van der Waals surface area contributed by atoms with E-state index in [0.29, 0.717) is 0 Å². The number of benzene rings is 1. The molecule has 1 aromatic heterocycles. The van der Waals surface area contributed by atoms with E-state index in [1.54, 1.807) is 11.3 Å². The van der Waals surface area contributed by atoms with Crippen LogP contribution in [0.15, 0.2) is 39.5 Å². The van der Waals surface area contributed by atoms with Crippen LogP contribution in [0.4, 0.5) is 0 Å². The molecule has 1 nitrogen and oxygen atoms in total. The molecular weight excluding hydrogens is 306 g/mol. The molecule has 1 heterocycles. The van der Waals surface area contributed by atoms with Crippen LogP contribution < -0.4 is 5.32 Å². The molecule has 0 saturated heterocycles. The Morgan fingerprint density at radius 2 is 2.12 bits per heavy atom. The Balaban J connectivity index is 2.37. The highest BCUT2D eigenvalue weighted by molar-refractivity contribution is 9.10. The van der Waals surface area contributed by atoms with E-state index in [4.69, 9.17) is 11.6 Å². The maximum atomic E-state index is 6.10. The third-order valence-electron chi connectivity index (χ3n) is 2.44. The summed E-state index contributed by atoms with van der Waals surface area (Å²) in [4.78, 5) is 0. The van der Waals surface area contributed by atoms with Crippen LogP contribution in [0.25, 0.3) is 0 Å². The second-order valence-electron chi connectivity index (χ2n) is 3.45. The highest BCUT2D eigenvalue weighted by Crippen LogP contribution is 2.29. The van der Waals surface area contributed by atoms with Crippen molar-refractivity contribution in [2.45, 2.75) is 6.04 Å². The molecule has 0 aliphatic carbocycles. The first-order valence-corrected chi connectivity index (χ1v) is 6.98. The van der Waals surface area contributed by atoms with Crippen molar-refractivity contribution in [1.82, 2.24) is 5.32 Å². The lowest BCUT2D eigenvalue weighted by Crippen LogP contribution is -2.16. The van der Waals surface area contributed by atoms with Crippen molar-refractivity contribution in [3.63, 3.8) is 0 Å². The Labute approximate surface area is 113 Å². The summed E-state index contributed by atoms with van der Waals surface area (Å²) in [6, 6.07) is 8.38. The summed E-state index contributed by atoms with van der Waals surface area (Å²) in [5, 5.41) is 8.28. The molecule has 0 spiro atoms. The monoisotopic (exact) mass is 315 g/mol. The summed E-state index contributed by atoms with van der Waals surface area (Å²) >= 11 is 11.2. The molecule has 84 valence electrons. The van der Waals surface area contributed by atoms with Crippen LogP contribution in [0, 0.1) is 0 Å². The zero-order chi connectivity index (χ0) is 11.5. The van der Waals surface area contributed by atoms with Gasteiger partial charge in [-0.25, -0.2) is 0 Å². The van der Waals surface area contributed by atoms with Gasteiger partial charge in [0, 0.05) is 4.47 Å². The van der Waals surface area contributed by atoms with E-state index < -0.39 is 0 Å². The maximum Gasteiger partial charge on any atom is 0.0583 e. The fourth-order valence-corrected chi connectivity index (χ4v) is 2.78. The Morgan fingerprint density at radius 1 is 1.31 bits per heavy atom. The Bertz CT molecular complexity index is 470. The predicted molar refractivity (Wildman–Crippen MR) is 74.4 cm³/mol. The molecule has 0 aliphatic rings. The fraction of sp³-hybridized carbons (Fsp3) is 0.167. The Kier molecular flexibility index (Phi) is 4.03. The van der Waals surface area contributed by atoms with Gasteiger partial charge in [0.05, 0.1) is 11.1 Å². The number of hydrogen-bond donors (Lipinski definition) is 1. The first-order chi connectivity index (χ1) is 7.72. The van der Waals surface area contributed by atoms with E-state index in [1.807, 2.05) is 19.2 Å². The van der Waals surface area contributed by atoms with E-state index in [-0.39, 0.29) is 6.04 Å². The van der Waals surface area contributed by atoms with E-state index >= 15 is 0 Å². The quantitative estimate of drug-likeness (QED) is 0.881. The van der Waals surface area contributed by atoms with Gasteiger partial charge in [-0.3, -0.25) is 0 Å². The maximum absolute atomic E-state index is 6.10. The zero-order valence-electron chi connectivity index (χ0n) is 8.71. The van der Waals surface area contributed by atoms with Crippen LogP contribution in [0.1, 0.15) is 17.2 Å². The molecule has 1 N–H and O–H groups in total. The Hall–Kier alpha value is -0.350. The largest absolute Gasteiger partial charge is 0.309 e. The van der Waals surface area contributed by atoms with Crippen molar-refractivity contribution in [2.24, 2.45) is 0 Å². The molecule has 1 aromatic carbocycles. The van der Waals surface area contributed by atoms with E-state index in [0.717, 1.165) is 9.50 Å². The third-order valence-corrected chi connectivity index (χ3v) is 4.38. The number of halogens is 2. The second-order valence-corrected chi connectivity index (χ2v) is 5.49. The molecule has 0 fully saturated rings. The second kappa shape index (κ2) is 5.32. The highest BCUT2D eigenvalue weighted by atomic mass is 79.9. The fourth-order valence-electron chi connectivity index (χ4n) is 1.66. The van der Waals surface area contributed by atoms with Crippen LogP contribution in [0.3, 0.4) is 0 Å². The summed E-state index contributed by atoms with van der Waals surface area (Å²) in [5.41, 5.74) is 2.44. The molecule has 16 heavy (non-hydrogen) atoms. The van der Waals surface area contributed by atoms with Crippen molar-refractivity contribution in [1.29, 1.82) is 0 Å². The highest BCUT2D eigenvalue weighted by Gasteiger charge is 2.13. The van der Waals surface area contributed by atoms with Gasteiger partial charge in [-0.2, -0.15) is 11.3 Å². The molecule has 0 amide bonds. The summed E-state index contributed by atoms with van der Waals surface area (Å²) in [7, 11) is 1.96. The van der Waals surface area contributed by atoms with Gasteiger partial charge in [-0.05, 0) is 63.1 Å². The number of nitrogens with one attached hydrogen (secondary N) is 1. The minimum atomic E-state index is 0.205. The number of rotatable bonds is 3. The summed E-state index contributed by atoms with van der Waals surface area (Å²) in [6.45, 7) is 0. The molecule has 0 bridgehead atoms. The van der Waals surface area contributed by atoms with Crippen LogP contribution in [0.2, 0.25) is 5.02 Å². The predicted octanol–water partition coefficient (Wildman–Crippen LogP) is 4.47. The van der Waals surface area contributed by atoms with Gasteiger partial charge >= 0.3 is 0 Å². The first-order valence-electron chi connectivity index (χ1n) is 4.86. The van der Waals surface area contributed by atoms with Crippen molar-refractivity contribution >= 4 is 38.9 Å². The van der Waals surface area contributed by atoms with Gasteiger partial charge in [-0.1, -0.05) is 17.7 Å². The molecule has 0 radical (unpaired) electrons. The summed E-state index contributed by atoms with van der Waals surface area (Å²) in [5.74, 6) is 0. The summed E-state index contributed by atoms with van der Waals surface area (Å²) < 4.78 is 0.929. The van der Waals surface area contributed by atoms with Gasteiger partial charge < -0.3 is 5.32 Å². The van der Waals surface area contributed by atoms with Crippen molar-refractivity contribution in [3.05, 3.63) is 55.6 Å². The Morgan fingerprint density at radius 3 is 2.69 bits per heavy atom. The minimum Gasteiger partial charge on any atom is -0.309 e. The molecule has 1 unspecified atom stereocenters. The lowest BCUT2D eigenvalue weighted by molar-refractivity contribution is 0.694. The van der Waals surface area contributed by atoms with Crippen LogP contribution >= 0.6 is 38.9 Å². The molecule has 1 atom stereocenters. The normalized spacial score (nSPS) is 12.7. The van der Waals surface area contributed by atoms with Gasteiger partial charge in [-0.15, -0.1) is 0 Å². The average molecular weight is 317 g/mol. The van der Waals surface area contributed by atoms with Crippen molar-refractivity contribution in [2.75, 3.05) is 7.05 Å².